The van der Waals surface area contributed by atoms with Crippen molar-refractivity contribution in [2.75, 3.05) is 6.61 Å². The molecule has 0 saturated heterocycles. The number of aryl methyl sites for hydroxylation is 1. The van der Waals surface area contributed by atoms with Crippen LogP contribution in [-0.4, -0.2) is 16.7 Å². The highest BCUT2D eigenvalue weighted by Crippen LogP contribution is 2.23. The van der Waals surface area contributed by atoms with Gasteiger partial charge in [0, 0.05) is 17.9 Å². The van der Waals surface area contributed by atoms with E-state index in [4.69, 9.17) is 5.11 Å². The van der Waals surface area contributed by atoms with Crippen molar-refractivity contribution in [2.24, 2.45) is 0 Å². The second-order valence-corrected chi connectivity index (χ2v) is 4.47. The van der Waals surface area contributed by atoms with Crippen LogP contribution in [0.2, 0.25) is 0 Å². The summed E-state index contributed by atoms with van der Waals surface area (Å²) in [5.74, 6) is 0.494. The van der Waals surface area contributed by atoms with Crippen LogP contribution in [0.1, 0.15) is 35.3 Å². The molecule has 0 atom stereocenters. The third-order valence-electron chi connectivity index (χ3n) is 1.75. The summed E-state index contributed by atoms with van der Waals surface area (Å²) in [5.41, 5.74) is 1.18. The first-order valence-electron chi connectivity index (χ1n) is 4.22. The van der Waals surface area contributed by atoms with Gasteiger partial charge in [0.15, 0.2) is 0 Å². The Hall–Kier alpha value is -0.410. The van der Waals surface area contributed by atoms with Crippen LogP contribution in [0.4, 0.5) is 0 Å². The molecule has 0 bridgehead atoms. The SMILES string of the molecule is Cc1sc(CCO)nc1C(C)C. The lowest BCUT2D eigenvalue weighted by atomic mass is 10.1. The quantitative estimate of drug-likeness (QED) is 0.782. The van der Waals surface area contributed by atoms with Crippen LogP contribution in [0.25, 0.3) is 0 Å². The third-order valence-corrected chi connectivity index (χ3v) is 2.80. The van der Waals surface area contributed by atoms with Crippen molar-refractivity contribution in [1.82, 2.24) is 4.98 Å². The number of rotatable bonds is 3. The van der Waals surface area contributed by atoms with Crippen LogP contribution in [0.15, 0.2) is 0 Å². The largest absolute Gasteiger partial charge is 0.396 e. The van der Waals surface area contributed by atoms with Crippen LogP contribution < -0.4 is 0 Å². The van der Waals surface area contributed by atoms with E-state index in [9.17, 15) is 0 Å². The summed E-state index contributed by atoms with van der Waals surface area (Å²) in [7, 11) is 0. The van der Waals surface area contributed by atoms with Gasteiger partial charge >= 0.3 is 0 Å². The zero-order valence-electron chi connectivity index (χ0n) is 7.79. The molecule has 0 unspecified atom stereocenters. The Labute approximate surface area is 77.3 Å². The van der Waals surface area contributed by atoms with Crippen LogP contribution in [0, 0.1) is 6.92 Å². The highest BCUT2D eigenvalue weighted by Gasteiger charge is 2.09. The van der Waals surface area contributed by atoms with Gasteiger partial charge in [-0.2, -0.15) is 0 Å². The molecule has 0 saturated carbocycles. The second-order valence-electron chi connectivity index (χ2n) is 3.18. The predicted molar refractivity (Wildman–Crippen MR) is 51.7 cm³/mol. The molecule has 1 heterocycles. The molecule has 0 spiro atoms. The number of nitrogens with zero attached hydrogens (tertiary/aromatic N) is 1. The Morgan fingerprint density at radius 1 is 1.50 bits per heavy atom. The van der Waals surface area contributed by atoms with Gasteiger partial charge in [-0.15, -0.1) is 11.3 Å². The maximum atomic E-state index is 8.73. The topological polar surface area (TPSA) is 33.1 Å². The monoisotopic (exact) mass is 185 g/mol. The average Bonchev–Trinajstić information content (AvgIpc) is 2.32. The van der Waals surface area contributed by atoms with E-state index >= 15 is 0 Å². The summed E-state index contributed by atoms with van der Waals surface area (Å²) in [5, 5.41) is 9.78. The molecule has 0 fully saturated rings. The van der Waals surface area contributed by atoms with E-state index in [1.807, 2.05) is 0 Å². The minimum Gasteiger partial charge on any atom is -0.396 e. The summed E-state index contributed by atoms with van der Waals surface area (Å²) < 4.78 is 0. The molecule has 1 aromatic heterocycles. The molecule has 0 aliphatic rings. The van der Waals surface area contributed by atoms with Crippen molar-refractivity contribution >= 4 is 11.3 Å². The average molecular weight is 185 g/mol. The lowest BCUT2D eigenvalue weighted by Crippen LogP contribution is -1.93. The Kier molecular flexibility index (Phi) is 3.23. The molecule has 1 rings (SSSR count). The van der Waals surface area contributed by atoms with E-state index in [1.54, 1.807) is 11.3 Å². The fraction of sp³-hybridized carbons (Fsp3) is 0.667. The summed E-state index contributed by atoms with van der Waals surface area (Å²) in [4.78, 5) is 5.74. The van der Waals surface area contributed by atoms with Crippen LogP contribution in [-0.2, 0) is 6.42 Å². The smallest absolute Gasteiger partial charge is 0.0953 e. The van der Waals surface area contributed by atoms with Crippen molar-refractivity contribution in [3.63, 3.8) is 0 Å². The van der Waals surface area contributed by atoms with Gasteiger partial charge in [-0.3, -0.25) is 0 Å². The number of hydrogen-bond donors (Lipinski definition) is 1. The first-order chi connectivity index (χ1) is 5.65. The standard InChI is InChI=1S/C9H15NOS/c1-6(2)9-7(3)12-8(10-9)4-5-11/h6,11H,4-5H2,1-3H3. The van der Waals surface area contributed by atoms with Crippen LogP contribution in [0.5, 0.6) is 0 Å². The van der Waals surface area contributed by atoms with Gasteiger partial charge in [0.25, 0.3) is 0 Å². The van der Waals surface area contributed by atoms with E-state index in [2.05, 4.69) is 25.8 Å². The van der Waals surface area contributed by atoms with Crippen molar-refractivity contribution in [1.29, 1.82) is 0 Å². The third kappa shape index (κ3) is 2.05. The molecule has 0 aliphatic carbocycles. The molecule has 3 heteroatoms. The number of aliphatic hydroxyl groups excluding tert-OH is 1. The molecule has 12 heavy (non-hydrogen) atoms. The van der Waals surface area contributed by atoms with Gasteiger partial charge in [0.2, 0.25) is 0 Å². The predicted octanol–water partition coefficient (Wildman–Crippen LogP) is 2.11. The lowest BCUT2D eigenvalue weighted by molar-refractivity contribution is 0.299. The molecule has 0 aromatic carbocycles. The molecule has 0 aliphatic heterocycles. The normalized spacial score (nSPS) is 11.1. The van der Waals surface area contributed by atoms with Crippen molar-refractivity contribution in [3.8, 4) is 0 Å². The fourth-order valence-corrected chi connectivity index (χ4v) is 2.28. The molecule has 0 radical (unpaired) electrons. The summed E-state index contributed by atoms with van der Waals surface area (Å²) in [6, 6.07) is 0. The van der Waals surface area contributed by atoms with E-state index < -0.39 is 0 Å². The van der Waals surface area contributed by atoms with Gasteiger partial charge in [-0.1, -0.05) is 13.8 Å². The Balaban J connectivity index is 2.85. The number of aromatic nitrogens is 1. The summed E-state index contributed by atoms with van der Waals surface area (Å²) in [6.45, 7) is 6.58. The maximum absolute atomic E-state index is 8.73. The first-order valence-corrected chi connectivity index (χ1v) is 5.04. The number of hydrogen-bond acceptors (Lipinski definition) is 3. The summed E-state index contributed by atoms with van der Waals surface area (Å²) in [6.07, 6.45) is 0.693. The lowest BCUT2D eigenvalue weighted by Gasteiger charge is -1.99. The number of thiazole rings is 1. The molecular weight excluding hydrogens is 170 g/mol. The Morgan fingerprint density at radius 2 is 2.17 bits per heavy atom. The van der Waals surface area contributed by atoms with Gasteiger partial charge in [-0.25, -0.2) is 4.98 Å². The molecular formula is C9H15NOS. The minimum absolute atomic E-state index is 0.199. The molecule has 68 valence electrons. The zero-order chi connectivity index (χ0) is 9.14. The highest BCUT2D eigenvalue weighted by molar-refractivity contribution is 7.11. The van der Waals surface area contributed by atoms with Crippen molar-refractivity contribution in [3.05, 3.63) is 15.6 Å². The van der Waals surface area contributed by atoms with Gasteiger partial charge in [0.05, 0.1) is 10.7 Å². The molecule has 2 nitrogen and oxygen atoms in total. The van der Waals surface area contributed by atoms with E-state index in [0.29, 0.717) is 12.3 Å². The molecule has 1 aromatic rings. The van der Waals surface area contributed by atoms with Gasteiger partial charge in [0.1, 0.15) is 0 Å². The molecule has 0 amide bonds. The maximum Gasteiger partial charge on any atom is 0.0953 e. The highest BCUT2D eigenvalue weighted by atomic mass is 32.1. The van der Waals surface area contributed by atoms with Crippen LogP contribution in [0.3, 0.4) is 0 Å². The van der Waals surface area contributed by atoms with Gasteiger partial charge < -0.3 is 5.11 Å². The van der Waals surface area contributed by atoms with Crippen molar-refractivity contribution in [2.45, 2.75) is 33.1 Å². The Bertz CT molecular complexity index is 255. The van der Waals surface area contributed by atoms with Gasteiger partial charge in [-0.05, 0) is 12.8 Å². The second kappa shape index (κ2) is 4.01. The number of aliphatic hydroxyl groups is 1. The van der Waals surface area contributed by atoms with Crippen molar-refractivity contribution < 1.29 is 5.11 Å². The van der Waals surface area contributed by atoms with E-state index in [1.165, 1.54) is 10.6 Å². The van der Waals surface area contributed by atoms with E-state index in [-0.39, 0.29) is 6.61 Å². The summed E-state index contributed by atoms with van der Waals surface area (Å²) >= 11 is 1.70. The first kappa shape index (κ1) is 9.68. The minimum atomic E-state index is 0.199. The fourth-order valence-electron chi connectivity index (χ4n) is 1.20. The van der Waals surface area contributed by atoms with E-state index in [0.717, 1.165) is 5.01 Å². The zero-order valence-corrected chi connectivity index (χ0v) is 8.61. The Morgan fingerprint density at radius 3 is 2.58 bits per heavy atom. The molecule has 1 N–H and O–H groups in total. The van der Waals surface area contributed by atoms with Crippen LogP contribution >= 0.6 is 11.3 Å².